The summed E-state index contributed by atoms with van der Waals surface area (Å²) in [4.78, 5) is 10.8. The van der Waals surface area contributed by atoms with Crippen molar-refractivity contribution in [1.29, 1.82) is 0 Å². The first kappa shape index (κ1) is 20.2. The molecule has 2 heteroatoms. The van der Waals surface area contributed by atoms with Gasteiger partial charge in [0, 0.05) is 0 Å². The molecule has 0 amide bonds. The van der Waals surface area contributed by atoms with Crippen molar-refractivity contribution in [3.05, 3.63) is 59.7 Å². The smallest absolute Gasteiger partial charge is 0.0715 e. The van der Waals surface area contributed by atoms with Gasteiger partial charge in [-0.15, -0.1) is 0 Å². The fourth-order valence-corrected chi connectivity index (χ4v) is 3.30. The van der Waals surface area contributed by atoms with Gasteiger partial charge in [0.25, 0.3) is 0 Å². The number of hydrogen-bond donors (Lipinski definition) is 0. The fourth-order valence-electron chi connectivity index (χ4n) is 3.30. The zero-order valence-corrected chi connectivity index (χ0v) is 16.0. The van der Waals surface area contributed by atoms with Gasteiger partial charge in [0.15, 0.2) is 0 Å². The van der Waals surface area contributed by atoms with Crippen LogP contribution < -0.4 is 5.11 Å². The second-order valence-corrected chi connectivity index (χ2v) is 7.14. The maximum Gasteiger partial charge on any atom is 0.0715 e. The van der Waals surface area contributed by atoms with Crippen LogP contribution in [0.1, 0.15) is 80.6 Å². The third-order valence-electron chi connectivity index (χ3n) is 4.98. The van der Waals surface area contributed by atoms with Crippen LogP contribution in [-0.4, -0.2) is 5.97 Å². The van der Waals surface area contributed by atoms with E-state index in [-0.39, 0.29) is 5.56 Å². The van der Waals surface area contributed by atoms with Gasteiger partial charge in [0.2, 0.25) is 0 Å². The minimum absolute atomic E-state index is 0.218. The van der Waals surface area contributed by atoms with Gasteiger partial charge in [-0.1, -0.05) is 107 Å². The number of carboxylic acids is 1. The molecule has 0 fully saturated rings. The van der Waals surface area contributed by atoms with Crippen LogP contribution in [0.2, 0.25) is 0 Å². The highest BCUT2D eigenvalue weighted by Crippen LogP contribution is 2.21. The third-order valence-corrected chi connectivity index (χ3v) is 4.98. The number of aryl methyl sites for hydroxylation is 1. The first-order valence-electron chi connectivity index (χ1n) is 10.1. The van der Waals surface area contributed by atoms with Gasteiger partial charge in [-0.3, -0.25) is 0 Å². The third kappa shape index (κ3) is 7.03. The van der Waals surface area contributed by atoms with Crippen molar-refractivity contribution in [2.24, 2.45) is 0 Å². The lowest BCUT2D eigenvalue weighted by Gasteiger charge is -2.07. The summed E-state index contributed by atoms with van der Waals surface area (Å²) in [5.74, 6) is -1.13. The molecule has 0 atom stereocenters. The van der Waals surface area contributed by atoms with Gasteiger partial charge in [-0.2, -0.15) is 0 Å². The summed E-state index contributed by atoms with van der Waals surface area (Å²) in [7, 11) is 0. The lowest BCUT2D eigenvalue weighted by atomic mass is 10.00. The van der Waals surface area contributed by atoms with Crippen molar-refractivity contribution in [2.75, 3.05) is 0 Å². The molecule has 0 saturated carbocycles. The number of unbranched alkanes of at least 4 members (excludes halogenated alkanes) is 8. The van der Waals surface area contributed by atoms with E-state index in [0.717, 1.165) is 17.5 Å². The number of hydrogen-bond acceptors (Lipinski definition) is 2. The molecular formula is C24H31O2-. The Hall–Kier alpha value is -2.09. The standard InChI is InChI=1S/C24H32O2/c1-2-3-4-5-6-7-8-9-10-11-20-12-14-21(15-13-20)22-16-18-23(19-17-22)24(25)26/h12-19H,2-11H2,1H3,(H,25,26)/p-1. The normalized spacial score (nSPS) is 10.8. The molecule has 140 valence electrons. The minimum atomic E-state index is -1.13. The Morgan fingerprint density at radius 3 is 1.65 bits per heavy atom. The molecule has 0 spiro atoms. The predicted octanol–water partition coefficient (Wildman–Crippen LogP) is 5.79. The van der Waals surface area contributed by atoms with E-state index in [1.54, 1.807) is 12.1 Å². The lowest BCUT2D eigenvalue weighted by Crippen LogP contribution is -2.21. The van der Waals surface area contributed by atoms with Gasteiger partial charge < -0.3 is 9.90 Å². The molecule has 0 aliphatic carbocycles. The van der Waals surface area contributed by atoms with Crippen LogP contribution in [0, 0.1) is 0 Å². The molecular weight excluding hydrogens is 320 g/mol. The Kier molecular flexibility index (Phi) is 8.95. The van der Waals surface area contributed by atoms with Crippen LogP contribution in [-0.2, 0) is 6.42 Å². The fraction of sp³-hybridized carbons (Fsp3) is 0.458. The molecule has 0 bridgehead atoms. The quantitative estimate of drug-likeness (QED) is 0.454. The average Bonchev–Trinajstić information content (AvgIpc) is 2.67. The van der Waals surface area contributed by atoms with E-state index < -0.39 is 5.97 Å². The van der Waals surface area contributed by atoms with E-state index >= 15 is 0 Å². The Morgan fingerprint density at radius 2 is 1.15 bits per heavy atom. The van der Waals surface area contributed by atoms with Crippen LogP contribution in [0.25, 0.3) is 11.1 Å². The Balaban J connectivity index is 1.68. The second kappa shape index (κ2) is 11.5. The zero-order chi connectivity index (χ0) is 18.6. The highest BCUT2D eigenvalue weighted by molar-refractivity contribution is 5.86. The predicted molar refractivity (Wildman–Crippen MR) is 107 cm³/mol. The summed E-state index contributed by atoms with van der Waals surface area (Å²) in [6.45, 7) is 2.26. The molecule has 2 rings (SSSR count). The number of aromatic carboxylic acids is 1. The Morgan fingerprint density at radius 1 is 0.692 bits per heavy atom. The first-order valence-corrected chi connectivity index (χ1v) is 10.1. The van der Waals surface area contributed by atoms with E-state index in [4.69, 9.17) is 0 Å². The lowest BCUT2D eigenvalue weighted by molar-refractivity contribution is -0.255. The van der Waals surface area contributed by atoms with E-state index in [2.05, 4.69) is 31.2 Å². The Bertz CT molecular complexity index is 641. The molecule has 0 N–H and O–H groups in total. The number of carbonyl (C=O) groups is 1. The molecule has 2 nitrogen and oxygen atoms in total. The van der Waals surface area contributed by atoms with E-state index in [1.807, 2.05) is 12.1 Å². The van der Waals surface area contributed by atoms with Crippen molar-refractivity contribution in [3.8, 4) is 11.1 Å². The van der Waals surface area contributed by atoms with Crippen molar-refractivity contribution >= 4 is 5.97 Å². The maximum atomic E-state index is 10.8. The zero-order valence-electron chi connectivity index (χ0n) is 16.0. The first-order chi connectivity index (χ1) is 12.7. The van der Waals surface area contributed by atoms with Crippen LogP contribution in [0.5, 0.6) is 0 Å². The number of carboxylic acid groups (broad SMARTS) is 1. The Labute approximate surface area is 158 Å². The van der Waals surface area contributed by atoms with Crippen LogP contribution in [0.15, 0.2) is 48.5 Å². The highest BCUT2D eigenvalue weighted by atomic mass is 16.4. The molecule has 0 unspecified atom stereocenters. The minimum Gasteiger partial charge on any atom is -0.545 e. The number of benzene rings is 2. The summed E-state index contributed by atoms with van der Waals surface area (Å²) in [5.41, 5.74) is 3.74. The van der Waals surface area contributed by atoms with Crippen molar-refractivity contribution in [2.45, 2.75) is 71.1 Å². The second-order valence-electron chi connectivity index (χ2n) is 7.14. The molecule has 0 radical (unpaired) electrons. The molecule has 0 aliphatic rings. The van der Waals surface area contributed by atoms with Crippen LogP contribution in [0.4, 0.5) is 0 Å². The summed E-state index contributed by atoms with van der Waals surface area (Å²) >= 11 is 0. The molecule has 2 aromatic rings. The highest BCUT2D eigenvalue weighted by Gasteiger charge is 2.00. The molecule has 2 aromatic carbocycles. The average molecular weight is 352 g/mol. The molecule has 0 saturated heterocycles. The molecule has 0 aromatic heterocycles. The number of rotatable bonds is 12. The van der Waals surface area contributed by atoms with Gasteiger partial charge in [-0.05, 0) is 35.1 Å². The van der Waals surface area contributed by atoms with Gasteiger partial charge in [0.1, 0.15) is 0 Å². The van der Waals surface area contributed by atoms with Gasteiger partial charge in [-0.25, -0.2) is 0 Å². The maximum absolute atomic E-state index is 10.8. The van der Waals surface area contributed by atoms with E-state index in [9.17, 15) is 9.90 Å². The molecule has 0 heterocycles. The summed E-state index contributed by atoms with van der Waals surface area (Å²) in [5, 5.41) is 10.8. The van der Waals surface area contributed by atoms with Crippen molar-refractivity contribution in [1.82, 2.24) is 0 Å². The molecule has 0 aliphatic heterocycles. The molecule has 26 heavy (non-hydrogen) atoms. The largest absolute Gasteiger partial charge is 0.545 e. The van der Waals surface area contributed by atoms with Crippen molar-refractivity contribution in [3.63, 3.8) is 0 Å². The summed E-state index contributed by atoms with van der Waals surface area (Å²) in [6.07, 6.45) is 13.4. The number of carbonyl (C=O) groups excluding carboxylic acids is 1. The van der Waals surface area contributed by atoms with Gasteiger partial charge >= 0.3 is 0 Å². The van der Waals surface area contributed by atoms with Gasteiger partial charge in [0.05, 0.1) is 5.97 Å². The summed E-state index contributed by atoms with van der Waals surface area (Å²) in [6, 6.07) is 15.5. The topological polar surface area (TPSA) is 40.1 Å². The SMILES string of the molecule is CCCCCCCCCCCc1ccc(-c2ccc(C(=O)[O-])cc2)cc1. The van der Waals surface area contributed by atoms with E-state index in [0.29, 0.717) is 0 Å². The summed E-state index contributed by atoms with van der Waals surface area (Å²) < 4.78 is 0. The monoisotopic (exact) mass is 351 g/mol. The van der Waals surface area contributed by atoms with Crippen LogP contribution in [0.3, 0.4) is 0 Å². The van der Waals surface area contributed by atoms with Crippen molar-refractivity contribution < 1.29 is 9.90 Å². The van der Waals surface area contributed by atoms with E-state index in [1.165, 1.54) is 63.4 Å². The van der Waals surface area contributed by atoms with Crippen LogP contribution >= 0.6 is 0 Å².